The Kier molecular flexibility index (Phi) is 7.42. The number of methoxy groups -OCH3 is 1. The molecule has 0 aromatic rings. The average molecular weight is 314 g/mol. The number of nitrogens with zero attached hydrogens (tertiary/aromatic N) is 1. The fraction of sp³-hybridized carbons (Fsp3) is 0.938. The molecular weight excluding hydrogens is 284 g/mol. The van der Waals surface area contributed by atoms with Crippen LogP contribution in [0.25, 0.3) is 0 Å². The maximum atomic E-state index is 10.9. The lowest BCUT2D eigenvalue weighted by Gasteiger charge is -2.38. The van der Waals surface area contributed by atoms with E-state index in [0.29, 0.717) is 25.2 Å². The Bertz CT molecular complexity index is 340. The summed E-state index contributed by atoms with van der Waals surface area (Å²) in [6.07, 6.45) is 6.10. The van der Waals surface area contributed by atoms with Crippen LogP contribution in [0.4, 0.5) is 4.79 Å². The molecule has 2 aliphatic rings. The highest BCUT2D eigenvalue weighted by Gasteiger charge is 2.30. The van der Waals surface area contributed by atoms with Gasteiger partial charge in [-0.15, -0.1) is 0 Å². The summed E-state index contributed by atoms with van der Waals surface area (Å²) in [5, 5.41) is 11.7. The van der Waals surface area contributed by atoms with E-state index in [9.17, 15) is 4.79 Å². The van der Waals surface area contributed by atoms with Crippen LogP contribution in [0.5, 0.6) is 0 Å². The molecule has 6 nitrogen and oxygen atoms in total. The van der Waals surface area contributed by atoms with Crippen molar-refractivity contribution in [3.63, 3.8) is 0 Å². The second-order valence-corrected chi connectivity index (χ2v) is 6.49. The molecule has 3 atom stereocenters. The fourth-order valence-electron chi connectivity index (χ4n) is 3.72. The van der Waals surface area contributed by atoms with Crippen LogP contribution in [-0.2, 0) is 9.47 Å². The van der Waals surface area contributed by atoms with E-state index in [0.717, 1.165) is 51.7 Å². The molecule has 0 aromatic carbocycles. The van der Waals surface area contributed by atoms with Gasteiger partial charge in [-0.3, -0.25) is 0 Å². The van der Waals surface area contributed by atoms with E-state index in [1.54, 1.807) is 7.11 Å². The molecule has 2 unspecified atom stereocenters. The van der Waals surface area contributed by atoms with Gasteiger partial charge < -0.3 is 24.8 Å². The normalized spacial score (nSPS) is 30.1. The van der Waals surface area contributed by atoms with Gasteiger partial charge in [0.2, 0.25) is 0 Å². The van der Waals surface area contributed by atoms with Crippen LogP contribution < -0.4 is 5.32 Å². The summed E-state index contributed by atoms with van der Waals surface area (Å²) in [4.78, 5) is 13.4. The third kappa shape index (κ3) is 5.74. The van der Waals surface area contributed by atoms with Crippen molar-refractivity contribution >= 4 is 6.09 Å². The first-order chi connectivity index (χ1) is 10.7. The highest BCUT2D eigenvalue weighted by molar-refractivity contribution is 5.64. The zero-order valence-electron chi connectivity index (χ0n) is 13.6. The highest BCUT2D eigenvalue weighted by Crippen LogP contribution is 2.26. The molecule has 1 saturated heterocycles. The van der Waals surface area contributed by atoms with Gasteiger partial charge in [0.15, 0.2) is 0 Å². The van der Waals surface area contributed by atoms with Crippen molar-refractivity contribution in [2.45, 2.75) is 50.7 Å². The summed E-state index contributed by atoms with van der Waals surface area (Å²) in [5.74, 6) is 0.433. The Morgan fingerprint density at radius 1 is 1.23 bits per heavy atom. The van der Waals surface area contributed by atoms with Gasteiger partial charge in [0, 0.05) is 26.2 Å². The van der Waals surface area contributed by atoms with Gasteiger partial charge in [0.1, 0.15) is 0 Å². The van der Waals surface area contributed by atoms with Gasteiger partial charge in [-0.25, -0.2) is 4.79 Å². The van der Waals surface area contributed by atoms with Gasteiger partial charge >= 0.3 is 6.09 Å². The molecule has 0 aromatic heterocycles. The number of nitrogens with one attached hydrogen (secondary N) is 1. The standard InChI is InChI=1S/C16H30N2O4/c1-21-9-10-22-14-6-4-8-18(12-14)11-13-5-2-3-7-15(13)17-16(19)20/h13-15,17H,2-12H2,1H3,(H,19,20)/t13?,14-,15?/m1/s1. The summed E-state index contributed by atoms with van der Waals surface area (Å²) in [6.45, 7) is 4.33. The predicted molar refractivity (Wildman–Crippen MR) is 84.2 cm³/mol. The molecule has 128 valence electrons. The van der Waals surface area contributed by atoms with E-state index in [4.69, 9.17) is 14.6 Å². The van der Waals surface area contributed by atoms with Gasteiger partial charge in [-0.05, 0) is 38.1 Å². The van der Waals surface area contributed by atoms with Crippen LogP contribution in [0.2, 0.25) is 0 Å². The van der Waals surface area contributed by atoms with E-state index >= 15 is 0 Å². The van der Waals surface area contributed by atoms with Crippen molar-refractivity contribution in [2.24, 2.45) is 5.92 Å². The average Bonchev–Trinajstić information content (AvgIpc) is 2.49. The Morgan fingerprint density at radius 3 is 2.82 bits per heavy atom. The maximum Gasteiger partial charge on any atom is 0.404 e. The van der Waals surface area contributed by atoms with Crippen molar-refractivity contribution in [1.29, 1.82) is 0 Å². The van der Waals surface area contributed by atoms with Gasteiger partial charge in [0.25, 0.3) is 0 Å². The van der Waals surface area contributed by atoms with Crippen molar-refractivity contribution in [3.05, 3.63) is 0 Å². The predicted octanol–water partition coefficient (Wildman–Crippen LogP) is 1.94. The molecule has 6 heteroatoms. The molecule has 2 N–H and O–H groups in total. The van der Waals surface area contributed by atoms with Crippen molar-refractivity contribution in [2.75, 3.05) is 40.0 Å². The molecule has 1 aliphatic heterocycles. The lowest BCUT2D eigenvalue weighted by molar-refractivity contribution is -0.0254. The third-order valence-corrected chi connectivity index (χ3v) is 4.81. The number of piperidine rings is 1. The Labute approximate surface area is 133 Å². The van der Waals surface area contributed by atoms with Crippen LogP contribution in [0.15, 0.2) is 0 Å². The van der Waals surface area contributed by atoms with Crippen LogP contribution in [0.1, 0.15) is 38.5 Å². The minimum absolute atomic E-state index is 0.112. The number of likely N-dealkylation sites (tertiary alicyclic amines) is 1. The molecule has 2 fully saturated rings. The largest absolute Gasteiger partial charge is 0.465 e. The van der Waals surface area contributed by atoms with Gasteiger partial charge in [-0.1, -0.05) is 12.8 Å². The number of amides is 1. The number of rotatable bonds is 7. The lowest BCUT2D eigenvalue weighted by Crippen LogP contribution is -2.49. The molecule has 1 heterocycles. The Morgan fingerprint density at radius 2 is 2.05 bits per heavy atom. The fourth-order valence-corrected chi connectivity index (χ4v) is 3.72. The molecule has 1 aliphatic carbocycles. The Balaban J connectivity index is 1.78. The van der Waals surface area contributed by atoms with Gasteiger partial charge in [0.05, 0.1) is 19.3 Å². The smallest absolute Gasteiger partial charge is 0.404 e. The first kappa shape index (κ1) is 17.5. The van der Waals surface area contributed by atoms with Crippen LogP contribution >= 0.6 is 0 Å². The van der Waals surface area contributed by atoms with Crippen LogP contribution in [0, 0.1) is 5.92 Å². The zero-order chi connectivity index (χ0) is 15.8. The summed E-state index contributed by atoms with van der Waals surface area (Å²) >= 11 is 0. The van der Waals surface area contributed by atoms with Crippen molar-refractivity contribution < 1.29 is 19.4 Å². The molecule has 2 rings (SSSR count). The van der Waals surface area contributed by atoms with Gasteiger partial charge in [-0.2, -0.15) is 0 Å². The molecule has 0 bridgehead atoms. The SMILES string of the molecule is COCCO[C@@H]1CCCN(CC2CCCCC2NC(=O)O)C1. The summed E-state index contributed by atoms with van der Waals surface area (Å²) in [5.41, 5.74) is 0. The number of ether oxygens (including phenoxy) is 2. The lowest BCUT2D eigenvalue weighted by atomic mass is 9.84. The second kappa shape index (κ2) is 9.33. The van der Waals surface area contributed by atoms with Crippen LogP contribution in [0.3, 0.4) is 0 Å². The van der Waals surface area contributed by atoms with E-state index < -0.39 is 6.09 Å². The van der Waals surface area contributed by atoms with E-state index in [1.807, 2.05) is 0 Å². The number of hydrogen-bond donors (Lipinski definition) is 2. The second-order valence-electron chi connectivity index (χ2n) is 6.49. The Hall–Kier alpha value is -0.850. The zero-order valence-corrected chi connectivity index (χ0v) is 13.6. The number of hydrogen-bond acceptors (Lipinski definition) is 4. The molecular formula is C16H30N2O4. The molecule has 1 amide bonds. The molecule has 1 saturated carbocycles. The summed E-state index contributed by atoms with van der Waals surface area (Å²) in [7, 11) is 1.69. The van der Waals surface area contributed by atoms with E-state index in [1.165, 1.54) is 6.42 Å². The minimum Gasteiger partial charge on any atom is -0.465 e. The molecule has 0 spiro atoms. The van der Waals surface area contributed by atoms with E-state index in [2.05, 4.69) is 10.2 Å². The van der Waals surface area contributed by atoms with Crippen molar-refractivity contribution in [1.82, 2.24) is 10.2 Å². The number of carboxylic acid groups (broad SMARTS) is 1. The van der Waals surface area contributed by atoms with Crippen LogP contribution in [-0.4, -0.2) is 68.2 Å². The first-order valence-electron chi connectivity index (χ1n) is 8.51. The van der Waals surface area contributed by atoms with Crippen molar-refractivity contribution in [3.8, 4) is 0 Å². The van der Waals surface area contributed by atoms with E-state index in [-0.39, 0.29) is 6.04 Å². The third-order valence-electron chi connectivity index (χ3n) is 4.81. The minimum atomic E-state index is -0.892. The highest BCUT2D eigenvalue weighted by atomic mass is 16.5. The summed E-state index contributed by atoms with van der Waals surface area (Å²) in [6, 6.07) is 0.112. The monoisotopic (exact) mass is 314 g/mol. The topological polar surface area (TPSA) is 71.0 Å². The summed E-state index contributed by atoms with van der Waals surface area (Å²) < 4.78 is 10.9. The quantitative estimate of drug-likeness (QED) is 0.703. The number of carbonyl (C=O) groups is 1. The molecule has 22 heavy (non-hydrogen) atoms. The molecule has 0 radical (unpaired) electrons. The maximum absolute atomic E-state index is 10.9. The first-order valence-corrected chi connectivity index (χ1v) is 8.51.